The number of anilines is 1. The Morgan fingerprint density at radius 3 is 2.81 bits per heavy atom. The molecule has 3 unspecified atom stereocenters. The van der Waals surface area contributed by atoms with Gasteiger partial charge in [0.1, 0.15) is 5.75 Å². The lowest BCUT2D eigenvalue weighted by molar-refractivity contribution is 0.383. The Hall–Kier alpha value is -2.74. The summed E-state index contributed by atoms with van der Waals surface area (Å²) in [7, 11) is 1.78. The summed E-state index contributed by atoms with van der Waals surface area (Å²) in [4.78, 5) is 0. The summed E-state index contributed by atoms with van der Waals surface area (Å²) < 4.78 is 5.80. The zero-order valence-corrected chi connectivity index (χ0v) is 15.2. The average Bonchev–Trinajstić information content (AvgIpc) is 3.17. The molecule has 0 spiro atoms. The van der Waals surface area contributed by atoms with Crippen molar-refractivity contribution in [3.63, 3.8) is 0 Å². The number of aryl methyl sites for hydroxylation is 1. The number of allylic oxidation sites excluding steroid dienone is 2. The minimum absolute atomic E-state index is 0.242. The van der Waals surface area contributed by atoms with Crippen LogP contribution in [-0.2, 0) is 0 Å². The van der Waals surface area contributed by atoms with Crippen LogP contribution in [0.2, 0.25) is 0 Å². The highest BCUT2D eigenvalue weighted by atomic mass is 16.5. The summed E-state index contributed by atoms with van der Waals surface area (Å²) in [5.74, 6) is 1.96. The number of benzene rings is 3. The summed E-state index contributed by atoms with van der Waals surface area (Å²) in [6, 6.07) is 19.9. The highest BCUT2D eigenvalue weighted by molar-refractivity contribution is 5.89. The summed E-state index contributed by atoms with van der Waals surface area (Å²) in [6.07, 6.45) is 5.84. The van der Waals surface area contributed by atoms with E-state index in [0.29, 0.717) is 11.8 Å². The maximum absolute atomic E-state index is 5.80. The van der Waals surface area contributed by atoms with Crippen molar-refractivity contribution in [2.75, 3.05) is 12.4 Å². The lowest BCUT2D eigenvalue weighted by Crippen LogP contribution is -2.29. The van der Waals surface area contributed by atoms with Crippen LogP contribution in [0.15, 0.2) is 66.7 Å². The van der Waals surface area contributed by atoms with Crippen molar-refractivity contribution in [2.45, 2.75) is 25.3 Å². The van der Waals surface area contributed by atoms with Crippen molar-refractivity contribution in [3.05, 3.63) is 83.4 Å². The van der Waals surface area contributed by atoms with Gasteiger partial charge in [-0.3, -0.25) is 0 Å². The molecule has 0 aromatic heterocycles. The van der Waals surface area contributed by atoms with Gasteiger partial charge in [0.15, 0.2) is 0 Å². The van der Waals surface area contributed by atoms with Crippen LogP contribution in [0.4, 0.5) is 5.69 Å². The number of fused-ring (bicyclic) bond motifs is 4. The Bertz CT molecular complexity index is 1020. The van der Waals surface area contributed by atoms with Crippen molar-refractivity contribution in [1.29, 1.82) is 0 Å². The maximum Gasteiger partial charge on any atom is 0.124 e. The molecule has 2 heteroatoms. The van der Waals surface area contributed by atoms with Gasteiger partial charge in [0.05, 0.1) is 13.2 Å². The Labute approximate surface area is 154 Å². The number of methoxy groups -OCH3 is 1. The minimum Gasteiger partial charge on any atom is -0.496 e. The topological polar surface area (TPSA) is 21.3 Å². The summed E-state index contributed by atoms with van der Waals surface area (Å²) in [5, 5.41) is 6.41. The number of hydrogen-bond acceptors (Lipinski definition) is 2. The zero-order valence-electron chi connectivity index (χ0n) is 15.2. The molecule has 1 N–H and O–H groups in total. The number of rotatable bonds is 2. The summed E-state index contributed by atoms with van der Waals surface area (Å²) in [5.41, 5.74) is 5.30. The van der Waals surface area contributed by atoms with Crippen molar-refractivity contribution in [1.82, 2.24) is 0 Å². The fourth-order valence-corrected chi connectivity index (χ4v) is 4.77. The molecule has 0 radical (unpaired) electrons. The molecule has 1 aliphatic heterocycles. The second-order valence-corrected chi connectivity index (χ2v) is 7.47. The molecule has 0 saturated carbocycles. The van der Waals surface area contributed by atoms with Crippen molar-refractivity contribution < 1.29 is 4.74 Å². The highest BCUT2D eigenvalue weighted by Gasteiger charge is 2.39. The van der Waals surface area contributed by atoms with Gasteiger partial charge in [-0.25, -0.2) is 0 Å². The largest absolute Gasteiger partial charge is 0.496 e. The first kappa shape index (κ1) is 15.5. The minimum atomic E-state index is 0.242. The molecular formula is C24H23NO. The van der Waals surface area contributed by atoms with Gasteiger partial charge in [0, 0.05) is 17.2 Å². The monoisotopic (exact) mass is 341 g/mol. The lowest BCUT2D eigenvalue weighted by atomic mass is 9.75. The van der Waals surface area contributed by atoms with Gasteiger partial charge < -0.3 is 10.1 Å². The van der Waals surface area contributed by atoms with Crippen LogP contribution in [0, 0.1) is 12.8 Å². The molecular weight excluding hydrogens is 318 g/mol. The molecule has 0 bridgehead atoms. The third-order valence-electron chi connectivity index (χ3n) is 5.98. The van der Waals surface area contributed by atoms with Crippen LogP contribution in [-0.4, -0.2) is 7.11 Å². The predicted octanol–water partition coefficient (Wildman–Crippen LogP) is 5.98. The standard InChI is InChI=1S/C24H23NO/c1-15-10-12-21-20(14-15)18-8-5-9-19(18)24(25-21)23-17-7-4-3-6-16(17)11-13-22(23)26-2/h3-8,10-14,18-19,24-25H,9H2,1-2H3. The maximum atomic E-state index is 5.80. The lowest BCUT2D eigenvalue weighted by Gasteiger charge is -2.38. The van der Waals surface area contributed by atoms with E-state index in [4.69, 9.17) is 4.74 Å². The first-order valence-corrected chi connectivity index (χ1v) is 9.35. The number of ether oxygens (including phenoxy) is 1. The van der Waals surface area contributed by atoms with E-state index in [1.807, 2.05) is 0 Å². The molecule has 3 aromatic rings. The third-order valence-corrected chi connectivity index (χ3v) is 5.98. The van der Waals surface area contributed by atoms with Crippen LogP contribution in [0.25, 0.3) is 10.8 Å². The van der Waals surface area contributed by atoms with Crippen LogP contribution < -0.4 is 10.1 Å². The van der Waals surface area contributed by atoms with Gasteiger partial charge in [0.25, 0.3) is 0 Å². The van der Waals surface area contributed by atoms with Crippen LogP contribution in [0.1, 0.15) is 35.1 Å². The molecule has 5 rings (SSSR count). The molecule has 1 aliphatic carbocycles. The van der Waals surface area contributed by atoms with Crippen molar-refractivity contribution in [2.24, 2.45) is 5.92 Å². The smallest absolute Gasteiger partial charge is 0.124 e. The van der Waals surface area contributed by atoms with Gasteiger partial charge in [-0.05, 0) is 47.7 Å². The Morgan fingerprint density at radius 2 is 1.92 bits per heavy atom. The average molecular weight is 341 g/mol. The van der Waals surface area contributed by atoms with Gasteiger partial charge in [-0.15, -0.1) is 0 Å². The first-order valence-electron chi connectivity index (χ1n) is 9.35. The van der Waals surface area contributed by atoms with E-state index in [9.17, 15) is 0 Å². The molecule has 26 heavy (non-hydrogen) atoms. The van der Waals surface area contributed by atoms with E-state index in [0.717, 1.165) is 12.2 Å². The molecule has 0 amide bonds. The van der Waals surface area contributed by atoms with Crippen LogP contribution >= 0.6 is 0 Å². The Balaban J connectivity index is 1.72. The van der Waals surface area contributed by atoms with Crippen LogP contribution in [0.5, 0.6) is 5.75 Å². The van der Waals surface area contributed by atoms with Gasteiger partial charge >= 0.3 is 0 Å². The molecule has 1 heterocycles. The van der Waals surface area contributed by atoms with E-state index in [1.54, 1.807) is 7.11 Å². The molecule has 0 fully saturated rings. The number of hydrogen-bond donors (Lipinski definition) is 1. The Kier molecular flexibility index (Phi) is 3.53. The van der Waals surface area contributed by atoms with E-state index in [-0.39, 0.29) is 6.04 Å². The highest BCUT2D eigenvalue weighted by Crippen LogP contribution is 2.52. The second-order valence-electron chi connectivity index (χ2n) is 7.47. The normalized spacial score (nSPS) is 23.4. The quantitative estimate of drug-likeness (QED) is 0.579. The van der Waals surface area contributed by atoms with Gasteiger partial charge in [-0.1, -0.05) is 60.2 Å². The fraction of sp³-hybridized carbons (Fsp3) is 0.250. The first-order chi connectivity index (χ1) is 12.8. The van der Waals surface area contributed by atoms with Crippen molar-refractivity contribution >= 4 is 16.5 Å². The molecule has 0 saturated heterocycles. The van der Waals surface area contributed by atoms with Gasteiger partial charge in [0.2, 0.25) is 0 Å². The van der Waals surface area contributed by atoms with E-state index < -0.39 is 0 Å². The third kappa shape index (κ3) is 2.25. The fourth-order valence-electron chi connectivity index (χ4n) is 4.77. The predicted molar refractivity (Wildman–Crippen MR) is 108 cm³/mol. The summed E-state index contributed by atoms with van der Waals surface area (Å²) in [6.45, 7) is 2.17. The van der Waals surface area contributed by atoms with E-state index >= 15 is 0 Å². The molecule has 3 atom stereocenters. The van der Waals surface area contributed by atoms with Gasteiger partial charge in [-0.2, -0.15) is 0 Å². The van der Waals surface area contributed by atoms with E-state index in [1.165, 1.54) is 33.2 Å². The van der Waals surface area contributed by atoms with Crippen LogP contribution in [0.3, 0.4) is 0 Å². The molecule has 130 valence electrons. The molecule has 2 aliphatic rings. The van der Waals surface area contributed by atoms with Crippen molar-refractivity contribution in [3.8, 4) is 5.75 Å². The SMILES string of the molecule is COc1ccc2ccccc2c1C1Nc2ccc(C)cc2C2C=CCC21. The number of nitrogens with one attached hydrogen (secondary N) is 1. The molecule has 3 aromatic carbocycles. The molecule has 2 nitrogen and oxygen atoms in total. The zero-order chi connectivity index (χ0) is 17.7. The second kappa shape index (κ2) is 5.91. The Morgan fingerprint density at radius 1 is 1.04 bits per heavy atom. The van der Waals surface area contributed by atoms with E-state index in [2.05, 4.69) is 79.0 Å². The summed E-state index contributed by atoms with van der Waals surface area (Å²) >= 11 is 0.